The second-order valence-corrected chi connectivity index (χ2v) is 8.18. The Balaban J connectivity index is 1.91. The number of amides is 1. The number of hydrogen-bond donors (Lipinski definition) is 2. The van der Waals surface area contributed by atoms with Gasteiger partial charge in [0, 0.05) is 4.47 Å². The summed E-state index contributed by atoms with van der Waals surface area (Å²) in [5, 5.41) is 20.4. The molecule has 144 valence electrons. The molecule has 2 aromatic rings. The van der Waals surface area contributed by atoms with Gasteiger partial charge in [0.05, 0.1) is 11.8 Å². The van der Waals surface area contributed by atoms with Crippen LogP contribution < -0.4 is 15.9 Å². The lowest BCUT2D eigenvalue weighted by atomic mass is 9.90. The van der Waals surface area contributed by atoms with Crippen molar-refractivity contribution in [1.29, 1.82) is 5.26 Å². The molecule has 1 aromatic heterocycles. The average Bonchev–Trinajstić information content (AvgIpc) is 2.98. The van der Waals surface area contributed by atoms with Crippen LogP contribution >= 0.6 is 27.7 Å². The van der Waals surface area contributed by atoms with E-state index in [0.29, 0.717) is 16.7 Å². The van der Waals surface area contributed by atoms with Crippen LogP contribution in [0.2, 0.25) is 0 Å². The fraction of sp³-hybridized carbons (Fsp3) is 0.412. The Morgan fingerprint density at radius 2 is 2.26 bits per heavy atom. The SMILES string of the molecule is CC(C)C(C)(C#N)NC(=O)CSc1nnc(COc2cccc(Br)c2)n1N. The molecule has 1 aromatic carbocycles. The Labute approximate surface area is 170 Å². The number of benzene rings is 1. The van der Waals surface area contributed by atoms with E-state index in [0.717, 1.165) is 16.2 Å². The lowest BCUT2D eigenvalue weighted by Gasteiger charge is -2.27. The highest BCUT2D eigenvalue weighted by Gasteiger charge is 2.30. The van der Waals surface area contributed by atoms with Crippen LogP contribution in [-0.2, 0) is 11.4 Å². The van der Waals surface area contributed by atoms with Crippen LogP contribution in [0.1, 0.15) is 26.6 Å². The van der Waals surface area contributed by atoms with Crippen LogP contribution in [0.3, 0.4) is 0 Å². The largest absolute Gasteiger partial charge is 0.485 e. The van der Waals surface area contributed by atoms with Crippen molar-refractivity contribution in [3.63, 3.8) is 0 Å². The predicted molar refractivity (Wildman–Crippen MR) is 106 cm³/mol. The number of aromatic nitrogens is 3. The van der Waals surface area contributed by atoms with Crippen LogP contribution in [0.5, 0.6) is 5.75 Å². The summed E-state index contributed by atoms with van der Waals surface area (Å²) < 4.78 is 7.84. The topological polar surface area (TPSA) is 119 Å². The third-order valence-corrected chi connectivity index (χ3v) is 5.45. The van der Waals surface area contributed by atoms with E-state index in [-0.39, 0.29) is 24.2 Å². The summed E-state index contributed by atoms with van der Waals surface area (Å²) in [6.45, 7) is 5.60. The summed E-state index contributed by atoms with van der Waals surface area (Å²) >= 11 is 4.52. The molecule has 3 N–H and O–H groups in total. The quantitative estimate of drug-likeness (QED) is 0.466. The summed E-state index contributed by atoms with van der Waals surface area (Å²) in [6.07, 6.45) is 0. The maximum Gasteiger partial charge on any atom is 0.231 e. The second-order valence-electron chi connectivity index (χ2n) is 6.32. The standard InChI is InChI=1S/C17H21BrN6O2S/c1-11(2)17(3,10-19)21-15(25)9-27-16-23-22-14(24(16)20)8-26-13-6-4-5-12(18)7-13/h4-7,11H,8-9,20H2,1-3H3,(H,21,25). The van der Waals surface area contributed by atoms with Crippen LogP contribution in [0.15, 0.2) is 33.9 Å². The summed E-state index contributed by atoms with van der Waals surface area (Å²) in [4.78, 5) is 12.1. The molecule has 0 radical (unpaired) electrons. The highest BCUT2D eigenvalue weighted by molar-refractivity contribution is 9.10. The monoisotopic (exact) mass is 452 g/mol. The Bertz CT molecular complexity index is 850. The molecule has 0 saturated heterocycles. The number of carbonyl (C=O) groups is 1. The van der Waals surface area contributed by atoms with Crippen molar-refractivity contribution >= 4 is 33.6 Å². The number of nitriles is 1. The predicted octanol–water partition coefficient (Wildman–Crippen LogP) is 2.48. The fourth-order valence-corrected chi connectivity index (χ4v) is 3.02. The number of ether oxygens (including phenoxy) is 1. The van der Waals surface area contributed by atoms with E-state index in [1.165, 1.54) is 4.68 Å². The van der Waals surface area contributed by atoms with Crippen molar-refractivity contribution < 1.29 is 9.53 Å². The van der Waals surface area contributed by atoms with Crippen molar-refractivity contribution in [3.8, 4) is 11.8 Å². The number of halogens is 1. The molecular weight excluding hydrogens is 432 g/mol. The van der Waals surface area contributed by atoms with E-state index in [9.17, 15) is 10.1 Å². The third kappa shape index (κ3) is 5.61. The Morgan fingerprint density at radius 1 is 1.52 bits per heavy atom. The van der Waals surface area contributed by atoms with Gasteiger partial charge in [-0.2, -0.15) is 5.26 Å². The zero-order chi connectivity index (χ0) is 20.0. The van der Waals surface area contributed by atoms with Crippen LogP contribution in [0.25, 0.3) is 0 Å². The van der Waals surface area contributed by atoms with Crippen LogP contribution in [0.4, 0.5) is 0 Å². The van der Waals surface area contributed by atoms with Crippen molar-refractivity contribution in [2.75, 3.05) is 11.6 Å². The minimum absolute atomic E-state index is 0.0172. The molecule has 0 aliphatic heterocycles. The molecule has 1 unspecified atom stereocenters. The molecule has 0 bridgehead atoms. The number of nitrogens with one attached hydrogen (secondary N) is 1. The second kappa shape index (κ2) is 9.10. The van der Waals surface area contributed by atoms with Crippen LogP contribution in [-0.4, -0.2) is 32.1 Å². The molecule has 1 amide bonds. The van der Waals surface area contributed by atoms with Crippen molar-refractivity contribution in [3.05, 3.63) is 34.6 Å². The van der Waals surface area contributed by atoms with Gasteiger partial charge in [0.15, 0.2) is 5.82 Å². The lowest BCUT2D eigenvalue weighted by molar-refractivity contribution is -0.120. The minimum atomic E-state index is -0.920. The molecule has 27 heavy (non-hydrogen) atoms. The van der Waals surface area contributed by atoms with Gasteiger partial charge in [0.25, 0.3) is 0 Å². The normalized spacial score (nSPS) is 13.0. The van der Waals surface area contributed by atoms with Gasteiger partial charge in [-0.05, 0) is 31.0 Å². The minimum Gasteiger partial charge on any atom is -0.485 e. The van der Waals surface area contributed by atoms with E-state index in [2.05, 4.69) is 37.5 Å². The Morgan fingerprint density at radius 3 is 2.89 bits per heavy atom. The van der Waals surface area contributed by atoms with Gasteiger partial charge in [-0.3, -0.25) is 4.79 Å². The molecule has 0 aliphatic rings. The fourth-order valence-electron chi connectivity index (χ4n) is 1.97. The molecule has 0 aliphatic carbocycles. The number of nitrogen functional groups attached to an aromatic ring is 1. The number of nitrogens with two attached hydrogens (primary N) is 1. The van der Waals surface area contributed by atoms with Crippen molar-refractivity contribution in [2.24, 2.45) is 5.92 Å². The van der Waals surface area contributed by atoms with E-state index in [1.54, 1.807) is 6.92 Å². The number of hydrogen-bond acceptors (Lipinski definition) is 7. The van der Waals surface area contributed by atoms with Crippen molar-refractivity contribution in [1.82, 2.24) is 20.2 Å². The third-order valence-electron chi connectivity index (χ3n) is 4.02. The first-order valence-corrected chi connectivity index (χ1v) is 9.96. The number of rotatable bonds is 8. The molecular formula is C17H21BrN6O2S. The number of carbonyl (C=O) groups excluding carboxylic acids is 1. The molecule has 8 nitrogen and oxygen atoms in total. The summed E-state index contributed by atoms with van der Waals surface area (Å²) in [5.74, 6) is 6.87. The number of thioether (sulfide) groups is 1. The van der Waals surface area contributed by atoms with Gasteiger partial charge >= 0.3 is 0 Å². The van der Waals surface area contributed by atoms with Gasteiger partial charge in [0.2, 0.25) is 11.1 Å². The molecule has 1 atom stereocenters. The average molecular weight is 453 g/mol. The Hall–Kier alpha value is -2.25. The highest BCUT2D eigenvalue weighted by Crippen LogP contribution is 2.20. The Kier molecular flexibility index (Phi) is 7.10. The summed E-state index contributed by atoms with van der Waals surface area (Å²) in [7, 11) is 0. The van der Waals surface area contributed by atoms with E-state index in [4.69, 9.17) is 10.6 Å². The van der Waals surface area contributed by atoms with E-state index < -0.39 is 5.54 Å². The molecule has 0 saturated carbocycles. The highest BCUT2D eigenvalue weighted by atomic mass is 79.9. The maximum absolute atomic E-state index is 12.1. The zero-order valence-corrected chi connectivity index (χ0v) is 17.7. The first kappa shape index (κ1) is 21.1. The van der Waals surface area contributed by atoms with E-state index in [1.807, 2.05) is 38.1 Å². The number of nitrogens with zero attached hydrogens (tertiary/aromatic N) is 4. The molecule has 0 fully saturated rings. The summed E-state index contributed by atoms with van der Waals surface area (Å²) in [5.41, 5.74) is -0.920. The summed E-state index contributed by atoms with van der Waals surface area (Å²) in [6, 6.07) is 9.55. The smallest absolute Gasteiger partial charge is 0.231 e. The van der Waals surface area contributed by atoms with Gasteiger partial charge in [0.1, 0.15) is 17.9 Å². The van der Waals surface area contributed by atoms with E-state index >= 15 is 0 Å². The molecule has 0 spiro atoms. The molecule has 2 rings (SSSR count). The van der Waals surface area contributed by atoms with Crippen LogP contribution in [0, 0.1) is 17.2 Å². The molecule has 10 heteroatoms. The maximum atomic E-state index is 12.1. The van der Waals surface area contributed by atoms with Gasteiger partial charge in [-0.25, -0.2) is 4.68 Å². The van der Waals surface area contributed by atoms with Gasteiger partial charge in [-0.15, -0.1) is 10.2 Å². The van der Waals surface area contributed by atoms with Crippen molar-refractivity contribution in [2.45, 2.75) is 38.1 Å². The first-order valence-electron chi connectivity index (χ1n) is 8.18. The first-order chi connectivity index (χ1) is 12.7. The molecule has 1 heterocycles. The zero-order valence-electron chi connectivity index (χ0n) is 15.3. The lowest BCUT2D eigenvalue weighted by Crippen LogP contribution is -2.49. The van der Waals surface area contributed by atoms with Gasteiger partial charge in [-0.1, -0.05) is 47.6 Å². The van der Waals surface area contributed by atoms with Gasteiger partial charge < -0.3 is 15.9 Å².